The van der Waals surface area contributed by atoms with Crippen molar-refractivity contribution >= 4 is 5.84 Å². The highest BCUT2D eigenvalue weighted by atomic mass is 15.2. The van der Waals surface area contributed by atoms with Crippen molar-refractivity contribution < 1.29 is 0 Å². The van der Waals surface area contributed by atoms with Gasteiger partial charge in [-0.1, -0.05) is 50.1 Å². The lowest BCUT2D eigenvalue weighted by Gasteiger charge is -2.31. The van der Waals surface area contributed by atoms with Crippen molar-refractivity contribution in [1.82, 2.24) is 4.90 Å². The van der Waals surface area contributed by atoms with Gasteiger partial charge in [0.2, 0.25) is 0 Å². The Labute approximate surface area is 104 Å². The molecule has 1 aliphatic heterocycles. The van der Waals surface area contributed by atoms with Gasteiger partial charge in [-0.2, -0.15) is 0 Å². The van der Waals surface area contributed by atoms with Crippen LogP contribution in [0.5, 0.6) is 0 Å². The zero-order chi connectivity index (χ0) is 12.1. The lowest BCUT2D eigenvalue weighted by molar-refractivity contribution is 0.306. The standard InChI is InChI=1S/C15H22N2/c1-2-14-11-7-4-8-12-17(14)15(16)13-9-5-3-6-10-13/h3,5-6,9-10,14,16H,2,4,7-8,11-12H2,1H3. The van der Waals surface area contributed by atoms with Crippen LogP contribution in [0.2, 0.25) is 0 Å². The van der Waals surface area contributed by atoms with Crippen molar-refractivity contribution in [3.63, 3.8) is 0 Å². The summed E-state index contributed by atoms with van der Waals surface area (Å²) >= 11 is 0. The Bertz CT molecular complexity index is 358. The molecule has 1 heterocycles. The molecule has 1 aromatic rings. The highest BCUT2D eigenvalue weighted by Crippen LogP contribution is 2.21. The third kappa shape index (κ3) is 2.87. The van der Waals surface area contributed by atoms with Crippen LogP contribution in [-0.2, 0) is 0 Å². The van der Waals surface area contributed by atoms with E-state index in [1.54, 1.807) is 0 Å². The molecule has 1 aliphatic rings. The van der Waals surface area contributed by atoms with E-state index in [4.69, 9.17) is 5.41 Å². The topological polar surface area (TPSA) is 27.1 Å². The van der Waals surface area contributed by atoms with Gasteiger partial charge in [-0.25, -0.2) is 0 Å². The van der Waals surface area contributed by atoms with E-state index in [9.17, 15) is 0 Å². The summed E-state index contributed by atoms with van der Waals surface area (Å²) in [6, 6.07) is 10.7. The molecule has 0 aromatic heterocycles. The van der Waals surface area contributed by atoms with Crippen LogP contribution >= 0.6 is 0 Å². The summed E-state index contributed by atoms with van der Waals surface area (Å²) in [4.78, 5) is 2.31. The van der Waals surface area contributed by atoms with Crippen LogP contribution in [0.4, 0.5) is 0 Å². The van der Waals surface area contributed by atoms with Gasteiger partial charge in [0.15, 0.2) is 0 Å². The second-order valence-electron chi connectivity index (χ2n) is 4.82. The van der Waals surface area contributed by atoms with Gasteiger partial charge < -0.3 is 4.90 Å². The molecule has 0 spiro atoms. The molecule has 0 saturated carbocycles. The van der Waals surface area contributed by atoms with Crippen LogP contribution in [0.3, 0.4) is 0 Å². The number of hydrogen-bond donors (Lipinski definition) is 1. The summed E-state index contributed by atoms with van der Waals surface area (Å²) in [5.41, 5.74) is 1.05. The maximum atomic E-state index is 8.38. The Morgan fingerprint density at radius 2 is 2.00 bits per heavy atom. The minimum Gasteiger partial charge on any atom is -0.354 e. The van der Waals surface area contributed by atoms with Gasteiger partial charge in [0.1, 0.15) is 5.84 Å². The minimum atomic E-state index is 0.560. The van der Waals surface area contributed by atoms with Gasteiger partial charge in [0.25, 0.3) is 0 Å². The summed E-state index contributed by atoms with van der Waals surface area (Å²) in [5.74, 6) is 0.708. The first kappa shape index (κ1) is 12.2. The normalized spacial score (nSPS) is 21.0. The van der Waals surface area contributed by atoms with Crippen molar-refractivity contribution in [3.05, 3.63) is 35.9 Å². The van der Waals surface area contributed by atoms with Gasteiger partial charge in [0, 0.05) is 18.2 Å². The zero-order valence-electron chi connectivity index (χ0n) is 10.7. The maximum absolute atomic E-state index is 8.38. The summed E-state index contributed by atoms with van der Waals surface area (Å²) < 4.78 is 0. The van der Waals surface area contributed by atoms with Crippen molar-refractivity contribution in [1.29, 1.82) is 5.41 Å². The van der Waals surface area contributed by atoms with E-state index >= 15 is 0 Å². The number of hydrogen-bond acceptors (Lipinski definition) is 1. The van der Waals surface area contributed by atoms with Gasteiger partial charge in [-0.15, -0.1) is 0 Å². The molecule has 0 bridgehead atoms. The molecule has 1 atom stereocenters. The van der Waals surface area contributed by atoms with Crippen LogP contribution in [0, 0.1) is 5.41 Å². The third-order valence-electron chi connectivity index (χ3n) is 3.68. The van der Waals surface area contributed by atoms with Crippen molar-refractivity contribution in [2.24, 2.45) is 0 Å². The largest absolute Gasteiger partial charge is 0.354 e. The Morgan fingerprint density at radius 1 is 1.24 bits per heavy atom. The molecule has 2 nitrogen and oxygen atoms in total. The Balaban J connectivity index is 2.16. The number of nitrogens with zero attached hydrogens (tertiary/aromatic N) is 1. The molecule has 0 amide bonds. The third-order valence-corrected chi connectivity index (χ3v) is 3.68. The predicted octanol–water partition coefficient (Wildman–Crippen LogP) is 3.67. The van der Waals surface area contributed by atoms with Gasteiger partial charge in [-0.05, 0) is 19.3 Å². The van der Waals surface area contributed by atoms with Crippen LogP contribution in [0.15, 0.2) is 30.3 Å². The first-order valence-electron chi connectivity index (χ1n) is 6.73. The molecular weight excluding hydrogens is 208 g/mol. The van der Waals surface area contributed by atoms with Crippen LogP contribution in [-0.4, -0.2) is 23.3 Å². The van der Waals surface area contributed by atoms with Crippen LogP contribution in [0.1, 0.15) is 44.6 Å². The highest BCUT2D eigenvalue weighted by Gasteiger charge is 2.22. The van der Waals surface area contributed by atoms with Crippen molar-refractivity contribution in [2.75, 3.05) is 6.54 Å². The zero-order valence-corrected chi connectivity index (χ0v) is 10.7. The van der Waals surface area contributed by atoms with E-state index in [1.807, 2.05) is 30.3 Å². The molecule has 1 N–H and O–H groups in total. The van der Waals surface area contributed by atoms with Gasteiger partial charge >= 0.3 is 0 Å². The summed E-state index contributed by atoms with van der Waals surface area (Å²) in [6.07, 6.45) is 6.25. The second-order valence-corrected chi connectivity index (χ2v) is 4.82. The van der Waals surface area contributed by atoms with Crippen molar-refractivity contribution in [2.45, 2.75) is 45.1 Å². The molecular formula is C15H22N2. The van der Waals surface area contributed by atoms with E-state index in [0.717, 1.165) is 18.5 Å². The molecule has 0 radical (unpaired) electrons. The van der Waals surface area contributed by atoms with Crippen molar-refractivity contribution in [3.8, 4) is 0 Å². The average Bonchev–Trinajstić information content (AvgIpc) is 2.64. The minimum absolute atomic E-state index is 0.560. The number of rotatable bonds is 2. The number of amidine groups is 1. The molecule has 92 valence electrons. The molecule has 17 heavy (non-hydrogen) atoms. The molecule has 0 aliphatic carbocycles. The lowest BCUT2D eigenvalue weighted by atomic mass is 10.1. The summed E-state index contributed by atoms with van der Waals surface area (Å²) in [7, 11) is 0. The smallest absolute Gasteiger partial charge is 0.128 e. The fraction of sp³-hybridized carbons (Fsp3) is 0.533. The molecule has 1 aromatic carbocycles. The van der Waals surface area contributed by atoms with Gasteiger partial charge in [-0.3, -0.25) is 5.41 Å². The number of likely N-dealkylation sites (tertiary alicyclic amines) is 1. The van der Waals surface area contributed by atoms with E-state index in [2.05, 4.69) is 11.8 Å². The average molecular weight is 230 g/mol. The van der Waals surface area contributed by atoms with E-state index in [0.29, 0.717) is 11.9 Å². The van der Waals surface area contributed by atoms with E-state index in [1.165, 1.54) is 25.7 Å². The molecule has 2 heteroatoms. The fourth-order valence-corrected chi connectivity index (χ4v) is 2.66. The van der Waals surface area contributed by atoms with Gasteiger partial charge in [0.05, 0.1) is 0 Å². The van der Waals surface area contributed by atoms with E-state index < -0.39 is 0 Å². The lowest BCUT2D eigenvalue weighted by Crippen LogP contribution is -2.39. The SMILES string of the molecule is CCC1CCCCCN1C(=N)c1ccccc1. The number of benzene rings is 1. The quantitative estimate of drug-likeness (QED) is 0.609. The second kappa shape index (κ2) is 5.85. The first-order valence-corrected chi connectivity index (χ1v) is 6.73. The monoisotopic (exact) mass is 230 g/mol. The first-order chi connectivity index (χ1) is 8.33. The predicted molar refractivity (Wildman–Crippen MR) is 72.5 cm³/mol. The summed E-state index contributed by atoms with van der Waals surface area (Å²) in [6.45, 7) is 3.29. The molecule has 1 saturated heterocycles. The van der Waals surface area contributed by atoms with E-state index in [-0.39, 0.29) is 0 Å². The summed E-state index contributed by atoms with van der Waals surface area (Å²) in [5, 5.41) is 8.38. The molecule has 1 unspecified atom stereocenters. The molecule has 2 rings (SSSR count). The highest BCUT2D eigenvalue weighted by molar-refractivity contribution is 5.96. The number of nitrogens with one attached hydrogen (secondary N) is 1. The van der Waals surface area contributed by atoms with Crippen LogP contribution in [0.25, 0.3) is 0 Å². The maximum Gasteiger partial charge on any atom is 0.128 e. The van der Waals surface area contributed by atoms with Crippen LogP contribution < -0.4 is 0 Å². The Morgan fingerprint density at radius 3 is 2.71 bits per heavy atom. The molecule has 1 fully saturated rings. The Kier molecular flexibility index (Phi) is 4.18. The Hall–Kier alpha value is -1.31. The fourth-order valence-electron chi connectivity index (χ4n) is 2.66.